The first-order valence-corrected chi connectivity index (χ1v) is 7.98. The minimum absolute atomic E-state index is 0.320. The largest absolute Gasteiger partial charge is 0.366 e. The number of hydrogen-bond donors (Lipinski definition) is 2. The van der Waals surface area contributed by atoms with E-state index in [0.29, 0.717) is 17.9 Å². The molecule has 4 rings (SSSR count). The van der Waals surface area contributed by atoms with Gasteiger partial charge in [-0.15, -0.1) is 0 Å². The molecule has 6 heteroatoms. The van der Waals surface area contributed by atoms with Crippen LogP contribution in [-0.4, -0.2) is 19.9 Å². The van der Waals surface area contributed by atoms with Gasteiger partial charge < -0.3 is 10.3 Å². The van der Waals surface area contributed by atoms with Crippen molar-refractivity contribution in [3.8, 4) is 0 Å². The highest BCUT2D eigenvalue weighted by Gasteiger charge is 2.06. The Bertz CT molecular complexity index is 994. The first-order chi connectivity index (χ1) is 12.3. The minimum Gasteiger partial charge on any atom is -0.366 e. The van der Waals surface area contributed by atoms with Gasteiger partial charge in [0.1, 0.15) is 17.3 Å². The number of halogens is 1. The van der Waals surface area contributed by atoms with E-state index in [-0.39, 0.29) is 5.82 Å². The lowest BCUT2D eigenvalue weighted by molar-refractivity contribution is 0.606. The summed E-state index contributed by atoms with van der Waals surface area (Å²) in [6.45, 7) is 0.370. The zero-order valence-corrected chi connectivity index (χ0v) is 13.4. The van der Waals surface area contributed by atoms with Crippen LogP contribution in [0.2, 0.25) is 0 Å². The SMILES string of the molecule is Fc1cnccc1CNc1ccc(Cc2c[nH]c3ncccc23)cn1. The van der Waals surface area contributed by atoms with Gasteiger partial charge in [0.05, 0.1) is 6.20 Å². The number of nitrogens with zero attached hydrogens (tertiary/aromatic N) is 3. The van der Waals surface area contributed by atoms with Crippen LogP contribution in [-0.2, 0) is 13.0 Å². The summed E-state index contributed by atoms with van der Waals surface area (Å²) in [7, 11) is 0. The summed E-state index contributed by atoms with van der Waals surface area (Å²) in [6, 6.07) is 9.57. The van der Waals surface area contributed by atoms with Crippen LogP contribution >= 0.6 is 0 Å². The molecular weight excluding hydrogens is 317 g/mol. The van der Waals surface area contributed by atoms with Crippen molar-refractivity contribution in [3.63, 3.8) is 0 Å². The Hall–Kier alpha value is -3.28. The van der Waals surface area contributed by atoms with Gasteiger partial charge >= 0.3 is 0 Å². The van der Waals surface area contributed by atoms with Crippen LogP contribution in [0, 0.1) is 5.82 Å². The topological polar surface area (TPSA) is 66.5 Å². The molecular formula is C19H16FN5. The maximum Gasteiger partial charge on any atom is 0.146 e. The molecule has 4 aromatic heterocycles. The van der Waals surface area contributed by atoms with Crippen molar-refractivity contribution in [2.24, 2.45) is 0 Å². The third kappa shape index (κ3) is 3.33. The predicted molar refractivity (Wildman–Crippen MR) is 94.7 cm³/mol. The average molecular weight is 333 g/mol. The molecule has 0 fully saturated rings. The van der Waals surface area contributed by atoms with E-state index in [0.717, 1.165) is 23.0 Å². The molecule has 124 valence electrons. The Labute approximate surface area is 144 Å². The lowest BCUT2D eigenvalue weighted by atomic mass is 10.1. The standard InChI is InChI=1S/C19H16FN5/c20-17-12-21-7-5-14(17)10-24-18-4-3-13(9-23-18)8-15-11-25-19-16(15)2-1-6-22-19/h1-7,9,11-12H,8,10H2,(H,22,25)(H,23,24). The van der Waals surface area contributed by atoms with Crippen molar-refractivity contribution < 1.29 is 4.39 Å². The van der Waals surface area contributed by atoms with Crippen molar-refractivity contribution >= 4 is 16.9 Å². The van der Waals surface area contributed by atoms with Crippen molar-refractivity contribution in [1.82, 2.24) is 19.9 Å². The minimum atomic E-state index is -0.320. The number of pyridine rings is 3. The Kier molecular flexibility index (Phi) is 4.08. The number of aromatic nitrogens is 4. The summed E-state index contributed by atoms with van der Waals surface area (Å²) in [5.41, 5.74) is 3.74. The lowest BCUT2D eigenvalue weighted by Gasteiger charge is -2.07. The molecule has 0 radical (unpaired) electrons. The van der Waals surface area contributed by atoms with Crippen LogP contribution in [0.5, 0.6) is 0 Å². The molecule has 0 spiro atoms. The second-order valence-corrected chi connectivity index (χ2v) is 5.76. The molecule has 0 aliphatic heterocycles. The van der Waals surface area contributed by atoms with Gasteiger partial charge in [0, 0.05) is 48.7 Å². The number of hydrogen-bond acceptors (Lipinski definition) is 4. The van der Waals surface area contributed by atoms with Crippen molar-refractivity contribution in [2.45, 2.75) is 13.0 Å². The number of H-pyrrole nitrogens is 1. The number of rotatable bonds is 5. The first kappa shape index (κ1) is 15.3. The van der Waals surface area contributed by atoms with Crippen LogP contribution in [0.1, 0.15) is 16.7 Å². The molecule has 0 atom stereocenters. The maximum atomic E-state index is 13.6. The molecule has 4 aromatic rings. The Morgan fingerprint density at radius 1 is 1.00 bits per heavy atom. The van der Waals surface area contributed by atoms with Crippen molar-refractivity contribution in [3.05, 3.63) is 83.8 Å². The van der Waals surface area contributed by atoms with E-state index < -0.39 is 0 Å². The van der Waals surface area contributed by atoms with Gasteiger partial charge in [0.2, 0.25) is 0 Å². The first-order valence-electron chi connectivity index (χ1n) is 7.98. The zero-order valence-electron chi connectivity index (χ0n) is 13.4. The van der Waals surface area contributed by atoms with Crippen molar-refractivity contribution in [1.29, 1.82) is 0 Å². The molecule has 5 nitrogen and oxygen atoms in total. The summed E-state index contributed by atoms with van der Waals surface area (Å²) in [4.78, 5) is 15.6. The van der Waals surface area contributed by atoms with Gasteiger partial charge in [-0.05, 0) is 35.4 Å². The molecule has 0 amide bonds. The van der Waals surface area contributed by atoms with E-state index in [1.54, 1.807) is 18.5 Å². The van der Waals surface area contributed by atoms with Crippen molar-refractivity contribution in [2.75, 3.05) is 5.32 Å². The van der Waals surface area contributed by atoms with Gasteiger partial charge in [-0.2, -0.15) is 0 Å². The summed E-state index contributed by atoms with van der Waals surface area (Å²) in [6.07, 6.45) is 9.15. The van der Waals surface area contributed by atoms with E-state index in [4.69, 9.17) is 0 Å². The molecule has 25 heavy (non-hydrogen) atoms. The number of nitrogens with one attached hydrogen (secondary N) is 2. The fourth-order valence-electron chi connectivity index (χ4n) is 2.75. The summed E-state index contributed by atoms with van der Waals surface area (Å²) < 4.78 is 13.6. The van der Waals surface area contributed by atoms with E-state index in [2.05, 4.69) is 31.3 Å². The Balaban J connectivity index is 1.44. The Morgan fingerprint density at radius 2 is 1.96 bits per heavy atom. The molecule has 0 aliphatic rings. The highest BCUT2D eigenvalue weighted by molar-refractivity contribution is 5.79. The second kappa shape index (κ2) is 6.68. The molecule has 0 unspecified atom stereocenters. The zero-order chi connectivity index (χ0) is 17.1. The fourth-order valence-corrected chi connectivity index (χ4v) is 2.75. The van der Waals surface area contributed by atoms with E-state index >= 15 is 0 Å². The van der Waals surface area contributed by atoms with E-state index in [1.807, 2.05) is 30.6 Å². The van der Waals surface area contributed by atoms with E-state index in [1.165, 1.54) is 11.8 Å². The third-order valence-electron chi connectivity index (χ3n) is 4.07. The molecule has 0 aliphatic carbocycles. The van der Waals surface area contributed by atoms with Crippen LogP contribution in [0.25, 0.3) is 11.0 Å². The predicted octanol–water partition coefficient (Wildman–Crippen LogP) is 3.69. The highest BCUT2D eigenvalue weighted by atomic mass is 19.1. The van der Waals surface area contributed by atoms with Crippen LogP contribution in [0.15, 0.2) is 61.3 Å². The van der Waals surface area contributed by atoms with Crippen LogP contribution in [0.4, 0.5) is 10.2 Å². The fraction of sp³-hybridized carbons (Fsp3) is 0.105. The summed E-state index contributed by atoms with van der Waals surface area (Å²) >= 11 is 0. The molecule has 0 saturated heterocycles. The van der Waals surface area contributed by atoms with Gasteiger partial charge in [-0.3, -0.25) is 4.98 Å². The molecule has 2 N–H and O–H groups in total. The third-order valence-corrected chi connectivity index (χ3v) is 4.07. The second-order valence-electron chi connectivity index (χ2n) is 5.76. The maximum absolute atomic E-state index is 13.6. The smallest absolute Gasteiger partial charge is 0.146 e. The molecule has 0 bridgehead atoms. The van der Waals surface area contributed by atoms with Gasteiger partial charge in [-0.1, -0.05) is 6.07 Å². The number of aromatic amines is 1. The monoisotopic (exact) mass is 333 g/mol. The lowest BCUT2D eigenvalue weighted by Crippen LogP contribution is -2.03. The van der Waals surface area contributed by atoms with Gasteiger partial charge in [0.25, 0.3) is 0 Å². The summed E-state index contributed by atoms with van der Waals surface area (Å²) in [5, 5.41) is 4.25. The number of fused-ring (bicyclic) bond motifs is 1. The quantitative estimate of drug-likeness (QED) is 0.584. The average Bonchev–Trinajstić information content (AvgIpc) is 3.05. The van der Waals surface area contributed by atoms with Gasteiger partial charge in [-0.25, -0.2) is 14.4 Å². The molecule has 0 aromatic carbocycles. The number of anilines is 1. The molecule has 4 heterocycles. The summed E-state index contributed by atoms with van der Waals surface area (Å²) in [5.74, 6) is 0.389. The normalized spacial score (nSPS) is 10.9. The van der Waals surface area contributed by atoms with E-state index in [9.17, 15) is 4.39 Å². The van der Waals surface area contributed by atoms with Gasteiger partial charge in [0.15, 0.2) is 0 Å². The Morgan fingerprint density at radius 3 is 2.80 bits per heavy atom. The van der Waals surface area contributed by atoms with Crippen LogP contribution < -0.4 is 5.32 Å². The molecule has 0 saturated carbocycles. The van der Waals surface area contributed by atoms with Crippen LogP contribution in [0.3, 0.4) is 0 Å². The highest BCUT2D eigenvalue weighted by Crippen LogP contribution is 2.19.